The first-order valence-electron chi connectivity index (χ1n) is 4.31. The van der Waals surface area contributed by atoms with Crippen LogP contribution in [-0.2, 0) is 6.42 Å². The van der Waals surface area contributed by atoms with E-state index >= 15 is 0 Å². The van der Waals surface area contributed by atoms with Crippen LogP contribution in [0.1, 0.15) is 29.3 Å². The van der Waals surface area contributed by atoms with Crippen LogP contribution in [0.2, 0.25) is 10.0 Å². The highest BCUT2D eigenvalue weighted by molar-refractivity contribution is 6.35. The van der Waals surface area contributed by atoms with Gasteiger partial charge in [0.2, 0.25) is 0 Å². The lowest BCUT2D eigenvalue weighted by Gasteiger charge is -2.22. The molecule has 0 spiro atoms. The molecule has 0 aliphatic heterocycles. The Hall–Kier alpha value is 0.0900. The second-order valence-electron chi connectivity index (χ2n) is 3.28. The van der Waals surface area contributed by atoms with Crippen molar-refractivity contribution in [1.29, 1.82) is 0 Å². The summed E-state index contributed by atoms with van der Waals surface area (Å²) < 4.78 is 0. The Bertz CT molecular complexity index is 333. The van der Waals surface area contributed by atoms with Crippen LogP contribution in [0.5, 0.6) is 0 Å². The van der Waals surface area contributed by atoms with Crippen molar-refractivity contribution in [2.24, 2.45) is 0 Å². The van der Waals surface area contributed by atoms with Crippen molar-refractivity contribution in [2.75, 3.05) is 0 Å². The van der Waals surface area contributed by atoms with Crippen molar-refractivity contribution >= 4 is 34.8 Å². The van der Waals surface area contributed by atoms with Crippen LogP contribution in [0.15, 0.2) is 12.1 Å². The van der Waals surface area contributed by atoms with E-state index in [1.165, 1.54) is 0 Å². The van der Waals surface area contributed by atoms with Crippen molar-refractivity contribution in [1.82, 2.24) is 0 Å². The highest BCUT2D eigenvalue weighted by atomic mass is 35.5. The smallest absolute Gasteiger partial charge is 0.0603 e. The lowest BCUT2D eigenvalue weighted by Crippen LogP contribution is -2.06. The predicted molar refractivity (Wildman–Crippen MR) is 58.0 cm³/mol. The average molecular weight is 236 g/mol. The quantitative estimate of drug-likeness (QED) is 0.576. The summed E-state index contributed by atoms with van der Waals surface area (Å²) in [5.41, 5.74) is 2.18. The Morgan fingerprint density at radius 3 is 2.54 bits per heavy atom. The van der Waals surface area contributed by atoms with Crippen LogP contribution >= 0.6 is 34.8 Å². The van der Waals surface area contributed by atoms with E-state index in [2.05, 4.69) is 0 Å². The molecule has 0 radical (unpaired) electrons. The number of rotatable bonds is 0. The minimum Gasteiger partial charge on any atom is -0.118 e. The summed E-state index contributed by atoms with van der Waals surface area (Å²) in [4.78, 5) is 0. The first-order chi connectivity index (χ1) is 6.20. The van der Waals surface area contributed by atoms with Gasteiger partial charge in [0, 0.05) is 10.0 Å². The van der Waals surface area contributed by atoms with Gasteiger partial charge in [-0.15, -0.1) is 11.6 Å². The molecule has 1 atom stereocenters. The zero-order chi connectivity index (χ0) is 9.42. The van der Waals surface area contributed by atoms with E-state index in [1.807, 2.05) is 12.1 Å². The summed E-state index contributed by atoms with van der Waals surface area (Å²) >= 11 is 18.3. The molecule has 1 aliphatic rings. The average Bonchev–Trinajstić information content (AvgIpc) is 2.12. The van der Waals surface area contributed by atoms with Crippen LogP contribution < -0.4 is 0 Å². The summed E-state index contributed by atoms with van der Waals surface area (Å²) in [6, 6.07) is 3.67. The molecular formula is C10H9Cl3. The summed E-state index contributed by atoms with van der Waals surface area (Å²) in [6.07, 6.45) is 3.09. The topological polar surface area (TPSA) is 0 Å². The Kier molecular flexibility index (Phi) is 2.73. The normalized spacial score (nSPS) is 21.3. The molecule has 70 valence electrons. The number of hydrogen-bond acceptors (Lipinski definition) is 0. The Morgan fingerprint density at radius 1 is 1.15 bits per heavy atom. The standard InChI is InChI=1S/C10H9Cl3/c11-7-4-5-9(13)10-6(7)2-1-3-8(10)12/h4-5,8H,1-3H2. The van der Waals surface area contributed by atoms with E-state index in [0.717, 1.165) is 40.4 Å². The van der Waals surface area contributed by atoms with Crippen molar-refractivity contribution in [2.45, 2.75) is 24.6 Å². The molecule has 1 aliphatic carbocycles. The molecule has 0 saturated carbocycles. The molecule has 1 aromatic rings. The first kappa shape index (κ1) is 9.64. The minimum atomic E-state index is 0.0370. The van der Waals surface area contributed by atoms with Gasteiger partial charge in [0.25, 0.3) is 0 Å². The molecule has 0 N–H and O–H groups in total. The van der Waals surface area contributed by atoms with Crippen LogP contribution in [0.25, 0.3) is 0 Å². The maximum absolute atomic E-state index is 6.18. The van der Waals surface area contributed by atoms with Crippen molar-refractivity contribution in [3.63, 3.8) is 0 Å². The molecule has 3 heteroatoms. The van der Waals surface area contributed by atoms with Crippen molar-refractivity contribution in [3.05, 3.63) is 33.3 Å². The largest absolute Gasteiger partial charge is 0.118 e. The third-order valence-corrected chi connectivity index (χ3v) is 3.56. The predicted octanol–water partition coefficient (Wildman–Crippen LogP) is 4.61. The number of fused-ring (bicyclic) bond motifs is 1. The Balaban J connectivity index is 2.60. The number of benzene rings is 1. The van der Waals surface area contributed by atoms with Crippen LogP contribution in [-0.4, -0.2) is 0 Å². The Labute approximate surface area is 92.8 Å². The monoisotopic (exact) mass is 234 g/mol. The second kappa shape index (κ2) is 3.68. The van der Waals surface area contributed by atoms with E-state index in [9.17, 15) is 0 Å². The molecule has 0 bridgehead atoms. The highest BCUT2D eigenvalue weighted by Gasteiger charge is 2.22. The fourth-order valence-electron chi connectivity index (χ4n) is 1.80. The van der Waals surface area contributed by atoms with E-state index in [4.69, 9.17) is 34.8 Å². The van der Waals surface area contributed by atoms with Gasteiger partial charge in [0.15, 0.2) is 0 Å². The molecule has 0 fully saturated rings. The van der Waals surface area contributed by atoms with Crippen molar-refractivity contribution < 1.29 is 0 Å². The van der Waals surface area contributed by atoms with Gasteiger partial charge in [-0.3, -0.25) is 0 Å². The van der Waals surface area contributed by atoms with Gasteiger partial charge in [0.1, 0.15) is 0 Å². The van der Waals surface area contributed by atoms with Gasteiger partial charge >= 0.3 is 0 Å². The number of halogens is 3. The van der Waals surface area contributed by atoms with Gasteiger partial charge in [-0.05, 0) is 42.5 Å². The van der Waals surface area contributed by atoms with Crippen molar-refractivity contribution in [3.8, 4) is 0 Å². The van der Waals surface area contributed by atoms with Gasteiger partial charge in [0.05, 0.1) is 5.38 Å². The maximum Gasteiger partial charge on any atom is 0.0603 e. The van der Waals surface area contributed by atoms with E-state index in [0.29, 0.717) is 0 Å². The summed E-state index contributed by atoms with van der Waals surface area (Å²) in [7, 11) is 0. The fraction of sp³-hybridized carbons (Fsp3) is 0.400. The summed E-state index contributed by atoms with van der Waals surface area (Å²) in [5.74, 6) is 0. The SMILES string of the molecule is Clc1ccc(Cl)c2c1CCCC2Cl. The Morgan fingerprint density at radius 2 is 1.85 bits per heavy atom. The van der Waals surface area contributed by atoms with E-state index in [-0.39, 0.29) is 5.38 Å². The van der Waals surface area contributed by atoms with Crippen LogP contribution in [0.3, 0.4) is 0 Å². The minimum absolute atomic E-state index is 0.0370. The third-order valence-electron chi connectivity index (χ3n) is 2.44. The lowest BCUT2D eigenvalue weighted by atomic mass is 9.91. The lowest BCUT2D eigenvalue weighted by molar-refractivity contribution is 0.668. The highest BCUT2D eigenvalue weighted by Crippen LogP contribution is 2.41. The first-order valence-corrected chi connectivity index (χ1v) is 5.50. The van der Waals surface area contributed by atoms with E-state index < -0.39 is 0 Å². The molecule has 13 heavy (non-hydrogen) atoms. The van der Waals surface area contributed by atoms with Crippen LogP contribution in [0.4, 0.5) is 0 Å². The fourth-order valence-corrected chi connectivity index (χ4v) is 2.83. The zero-order valence-corrected chi connectivity index (χ0v) is 9.26. The molecule has 2 rings (SSSR count). The molecule has 0 heterocycles. The molecule has 0 nitrogen and oxygen atoms in total. The van der Waals surface area contributed by atoms with E-state index in [1.54, 1.807) is 0 Å². The molecular weight excluding hydrogens is 226 g/mol. The molecule has 1 unspecified atom stereocenters. The molecule has 1 aromatic carbocycles. The maximum atomic E-state index is 6.18. The summed E-state index contributed by atoms with van der Waals surface area (Å²) in [5, 5.41) is 1.58. The van der Waals surface area contributed by atoms with Gasteiger partial charge in [-0.25, -0.2) is 0 Å². The van der Waals surface area contributed by atoms with Gasteiger partial charge < -0.3 is 0 Å². The molecule has 0 amide bonds. The molecule has 0 aromatic heterocycles. The number of alkyl halides is 1. The number of hydrogen-bond donors (Lipinski definition) is 0. The second-order valence-corrected chi connectivity index (χ2v) is 4.62. The zero-order valence-electron chi connectivity index (χ0n) is 6.99. The van der Waals surface area contributed by atoms with Crippen LogP contribution in [0, 0.1) is 0 Å². The van der Waals surface area contributed by atoms with Gasteiger partial charge in [-0.1, -0.05) is 23.2 Å². The third kappa shape index (κ3) is 1.68. The van der Waals surface area contributed by atoms with Gasteiger partial charge in [-0.2, -0.15) is 0 Å². The summed E-state index contributed by atoms with van der Waals surface area (Å²) in [6.45, 7) is 0. The molecule has 0 saturated heterocycles.